The standard InChI is InChI=1S/C12H16BrN/c1-3-4-5-12(14-2)10-6-8-11(13)9-7-10/h6-9H,3-5H2,1-2H3. The zero-order chi connectivity index (χ0) is 10.4. The smallest absolute Gasteiger partial charge is 0.0417 e. The van der Waals surface area contributed by atoms with Crippen molar-refractivity contribution in [2.75, 3.05) is 7.05 Å². The molecule has 0 saturated heterocycles. The van der Waals surface area contributed by atoms with Crippen molar-refractivity contribution in [2.45, 2.75) is 26.2 Å². The molecule has 2 heteroatoms. The molecule has 0 spiro atoms. The number of unbranched alkanes of at least 4 members (excludes halogenated alkanes) is 1. The van der Waals surface area contributed by atoms with E-state index in [2.05, 4.69) is 52.1 Å². The highest BCUT2D eigenvalue weighted by atomic mass is 79.9. The average Bonchev–Trinajstić information content (AvgIpc) is 2.21. The molecule has 0 amide bonds. The van der Waals surface area contributed by atoms with E-state index in [-0.39, 0.29) is 0 Å². The molecule has 1 aromatic carbocycles. The van der Waals surface area contributed by atoms with Gasteiger partial charge in [0.1, 0.15) is 0 Å². The van der Waals surface area contributed by atoms with Gasteiger partial charge in [-0.1, -0.05) is 41.4 Å². The van der Waals surface area contributed by atoms with Crippen LogP contribution in [0.15, 0.2) is 33.7 Å². The van der Waals surface area contributed by atoms with Crippen LogP contribution in [0.1, 0.15) is 31.7 Å². The number of halogens is 1. The fraction of sp³-hybridized carbons (Fsp3) is 0.417. The summed E-state index contributed by atoms with van der Waals surface area (Å²) in [6.07, 6.45) is 3.51. The lowest BCUT2D eigenvalue weighted by Gasteiger charge is -2.04. The van der Waals surface area contributed by atoms with E-state index in [0.717, 1.165) is 10.9 Å². The third-order valence-corrected chi connectivity index (χ3v) is 2.74. The van der Waals surface area contributed by atoms with Crippen LogP contribution in [-0.4, -0.2) is 12.8 Å². The van der Waals surface area contributed by atoms with Gasteiger partial charge in [-0.15, -0.1) is 0 Å². The van der Waals surface area contributed by atoms with Gasteiger partial charge >= 0.3 is 0 Å². The number of hydrogen-bond donors (Lipinski definition) is 0. The summed E-state index contributed by atoms with van der Waals surface area (Å²) in [7, 11) is 1.87. The Bertz CT molecular complexity index is 301. The Morgan fingerprint density at radius 3 is 2.43 bits per heavy atom. The van der Waals surface area contributed by atoms with Gasteiger partial charge in [0.25, 0.3) is 0 Å². The Balaban J connectivity index is 2.75. The van der Waals surface area contributed by atoms with Gasteiger partial charge in [-0.05, 0) is 30.5 Å². The topological polar surface area (TPSA) is 12.4 Å². The van der Waals surface area contributed by atoms with Gasteiger partial charge in [0.15, 0.2) is 0 Å². The monoisotopic (exact) mass is 253 g/mol. The summed E-state index contributed by atoms with van der Waals surface area (Å²) in [4.78, 5) is 4.33. The minimum absolute atomic E-state index is 1.08. The van der Waals surface area contributed by atoms with E-state index >= 15 is 0 Å². The molecule has 0 saturated carbocycles. The minimum Gasteiger partial charge on any atom is -0.292 e. The number of benzene rings is 1. The van der Waals surface area contributed by atoms with E-state index in [9.17, 15) is 0 Å². The maximum atomic E-state index is 4.33. The third kappa shape index (κ3) is 3.26. The Morgan fingerprint density at radius 2 is 1.93 bits per heavy atom. The van der Waals surface area contributed by atoms with Gasteiger partial charge in [0.05, 0.1) is 0 Å². The molecule has 0 aromatic heterocycles. The maximum Gasteiger partial charge on any atom is 0.0417 e. The molecule has 0 atom stereocenters. The molecule has 0 N–H and O–H groups in total. The van der Waals surface area contributed by atoms with E-state index in [1.165, 1.54) is 24.1 Å². The van der Waals surface area contributed by atoms with Crippen molar-refractivity contribution in [1.29, 1.82) is 0 Å². The molecule has 1 nitrogen and oxygen atoms in total. The molecule has 0 bridgehead atoms. The summed E-state index contributed by atoms with van der Waals surface area (Å²) in [5.74, 6) is 0. The molecule has 0 aliphatic heterocycles. The first kappa shape index (κ1) is 11.4. The number of hydrogen-bond acceptors (Lipinski definition) is 1. The van der Waals surface area contributed by atoms with Gasteiger partial charge in [-0.2, -0.15) is 0 Å². The highest BCUT2D eigenvalue weighted by Crippen LogP contribution is 2.13. The molecule has 0 unspecified atom stereocenters. The predicted molar refractivity (Wildman–Crippen MR) is 66.1 cm³/mol. The summed E-state index contributed by atoms with van der Waals surface area (Å²) in [5, 5.41) is 0. The summed E-state index contributed by atoms with van der Waals surface area (Å²) >= 11 is 3.43. The fourth-order valence-corrected chi connectivity index (χ4v) is 1.64. The second-order valence-electron chi connectivity index (χ2n) is 3.28. The first-order chi connectivity index (χ1) is 6.77. The van der Waals surface area contributed by atoms with Gasteiger partial charge in [0, 0.05) is 17.2 Å². The molecule has 0 heterocycles. The molecule has 0 radical (unpaired) electrons. The largest absolute Gasteiger partial charge is 0.292 e. The van der Waals surface area contributed by atoms with Crippen LogP contribution in [-0.2, 0) is 0 Å². The van der Waals surface area contributed by atoms with Crippen molar-refractivity contribution in [3.63, 3.8) is 0 Å². The minimum atomic E-state index is 1.08. The second kappa shape index (κ2) is 5.97. The Kier molecular flexibility index (Phi) is 4.88. The lowest BCUT2D eigenvalue weighted by atomic mass is 10.1. The van der Waals surface area contributed by atoms with Gasteiger partial charge in [0.2, 0.25) is 0 Å². The van der Waals surface area contributed by atoms with E-state index in [0.29, 0.717) is 0 Å². The molecule has 14 heavy (non-hydrogen) atoms. The molecule has 0 fully saturated rings. The van der Waals surface area contributed by atoms with E-state index in [4.69, 9.17) is 0 Å². The van der Waals surface area contributed by atoms with Crippen LogP contribution in [0.3, 0.4) is 0 Å². The van der Waals surface area contributed by atoms with E-state index in [1.807, 2.05) is 7.05 Å². The van der Waals surface area contributed by atoms with Crippen LogP contribution in [0, 0.1) is 0 Å². The molecule has 0 aliphatic carbocycles. The van der Waals surface area contributed by atoms with Crippen LogP contribution < -0.4 is 0 Å². The molecule has 1 aromatic rings. The number of rotatable bonds is 4. The summed E-state index contributed by atoms with van der Waals surface area (Å²) < 4.78 is 1.12. The van der Waals surface area contributed by atoms with Crippen LogP contribution in [0.25, 0.3) is 0 Å². The Hall–Kier alpha value is -0.630. The normalized spacial score (nSPS) is 11.8. The number of aliphatic imine (C=N–C) groups is 1. The van der Waals surface area contributed by atoms with Crippen LogP contribution in [0.5, 0.6) is 0 Å². The van der Waals surface area contributed by atoms with Crippen LogP contribution >= 0.6 is 15.9 Å². The van der Waals surface area contributed by atoms with E-state index < -0.39 is 0 Å². The van der Waals surface area contributed by atoms with E-state index in [1.54, 1.807) is 0 Å². The van der Waals surface area contributed by atoms with Crippen molar-refractivity contribution < 1.29 is 0 Å². The molecular weight excluding hydrogens is 238 g/mol. The summed E-state index contributed by atoms with van der Waals surface area (Å²) in [5.41, 5.74) is 2.45. The van der Waals surface area contributed by atoms with Crippen LogP contribution in [0.2, 0.25) is 0 Å². The van der Waals surface area contributed by atoms with Crippen molar-refractivity contribution in [2.24, 2.45) is 4.99 Å². The zero-order valence-electron chi connectivity index (χ0n) is 8.76. The predicted octanol–water partition coefficient (Wildman–Crippen LogP) is 4.06. The SMILES string of the molecule is CCCCC(=NC)c1ccc(Br)cc1. The maximum absolute atomic E-state index is 4.33. The van der Waals surface area contributed by atoms with Gasteiger partial charge in [-0.3, -0.25) is 4.99 Å². The molecule has 1 rings (SSSR count). The lowest BCUT2D eigenvalue weighted by molar-refractivity contribution is 0.834. The second-order valence-corrected chi connectivity index (χ2v) is 4.20. The van der Waals surface area contributed by atoms with Crippen molar-refractivity contribution in [3.05, 3.63) is 34.3 Å². The fourth-order valence-electron chi connectivity index (χ4n) is 1.37. The molecular formula is C12H16BrN. The zero-order valence-corrected chi connectivity index (χ0v) is 10.3. The Labute approximate surface area is 94.4 Å². The van der Waals surface area contributed by atoms with Gasteiger partial charge in [-0.25, -0.2) is 0 Å². The third-order valence-electron chi connectivity index (χ3n) is 2.21. The summed E-state index contributed by atoms with van der Waals surface area (Å²) in [6.45, 7) is 2.20. The van der Waals surface area contributed by atoms with Crippen molar-refractivity contribution in [1.82, 2.24) is 0 Å². The van der Waals surface area contributed by atoms with Crippen LogP contribution in [0.4, 0.5) is 0 Å². The average molecular weight is 254 g/mol. The molecule has 0 aliphatic rings. The van der Waals surface area contributed by atoms with Crippen molar-refractivity contribution >= 4 is 21.6 Å². The van der Waals surface area contributed by atoms with Gasteiger partial charge < -0.3 is 0 Å². The summed E-state index contributed by atoms with van der Waals surface area (Å²) in [6, 6.07) is 8.35. The number of nitrogens with zero attached hydrogens (tertiary/aromatic N) is 1. The Morgan fingerprint density at radius 1 is 1.29 bits per heavy atom. The molecule has 76 valence electrons. The highest BCUT2D eigenvalue weighted by Gasteiger charge is 2.01. The van der Waals surface area contributed by atoms with Crippen molar-refractivity contribution in [3.8, 4) is 0 Å². The first-order valence-corrected chi connectivity index (χ1v) is 5.78. The quantitative estimate of drug-likeness (QED) is 0.718. The first-order valence-electron chi connectivity index (χ1n) is 4.99. The lowest BCUT2D eigenvalue weighted by Crippen LogP contribution is -2.00. The highest BCUT2D eigenvalue weighted by molar-refractivity contribution is 9.10.